The quantitative estimate of drug-likeness (QED) is 0.626. The average molecular weight is 284 g/mol. The molecule has 0 aliphatic heterocycles. The molecule has 0 aliphatic carbocycles. The molecular weight excluding hydrogens is 264 g/mol. The number of hydrogen-bond acceptors (Lipinski definition) is 3. The van der Waals surface area contributed by atoms with Gasteiger partial charge in [-0.05, 0) is 23.3 Å². The summed E-state index contributed by atoms with van der Waals surface area (Å²) in [4.78, 5) is 23.4. The first-order chi connectivity index (χ1) is 10.2. The standard InChI is InChI=1S/C18H20O3/c1-2-3-6-16(12-19)18(21)17(20)15-10-9-13-7-4-5-8-14(13)11-15/h4-5,7-12,16,18,21H,2-3,6H2,1H3/t16-,18-/m1/s1. The monoisotopic (exact) mass is 284 g/mol. The molecular formula is C18H20O3. The summed E-state index contributed by atoms with van der Waals surface area (Å²) in [6, 6.07) is 13.1. The van der Waals surface area contributed by atoms with Gasteiger partial charge >= 0.3 is 0 Å². The van der Waals surface area contributed by atoms with Gasteiger partial charge in [0.2, 0.25) is 0 Å². The largest absolute Gasteiger partial charge is 0.384 e. The van der Waals surface area contributed by atoms with Gasteiger partial charge in [-0.15, -0.1) is 0 Å². The fourth-order valence-electron chi connectivity index (χ4n) is 2.45. The molecule has 0 radical (unpaired) electrons. The lowest BCUT2D eigenvalue weighted by Crippen LogP contribution is -2.30. The summed E-state index contributed by atoms with van der Waals surface area (Å²) in [5.74, 6) is -1.00. The maximum Gasteiger partial charge on any atom is 0.192 e. The van der Waals surface area contributed by atoms with E-state index >= 15 is 0 Å². The van der Waals surface area contributed by atoms with Crippen molar-refractivity contribution in [3.8, 4) is 0 Å². The second kappa shape index (κ2) is 7.14. The number of aldehydes is 1. The smallest absolute Gasteiger partial charge is 0.192 e. The van der Waals surface area contributed by atoms with Gasteiger partial charge in [0.05, 0.1) is 0 Å². The van der Waals surface area contributed by atoms with Crippen molar-refractivity contribution < 1.29 is 14.7 Å². The van der Waals surface area contributed by atoms with Crippen LogP contribution >= 0.6 is 0 Å². The summed E-state index contributed by atoms with van der Waals surface area (Å²) in [5, 5.41) is 12.1. The fraction of sp³-hybridized carbons (Fsp3) is 0.333. The predicted octanol–water partition coefficient (Wildman–Crippen LogP) is 3.39. The fourth-order valence-corrected chi connectivity index (χ4v) is 2.45. The van der Waals surface area contributed by atoms with Crippen LogP contribution in [-0.2, 0) is 4.79 Å². The second-order valence-electron chi connectivity index (χ2n) is 5.31. The van der Waals surface area contributed by atoms with E-state index in [-0.39, 0.29) is 5.78 Å². The Morgan fingerprint density at radius 2 is 1.90 bits per heavy atom. The highest BCUT2D eigenvalue weighted by Gasteiger charge is 2.26. The topological polar surface area (TPSA) is 54.4 Å². The van der Waals surface area contributed by atoms with Gasteiger partial charge in [-0.25, -0.2) is 0 Å². The number of fused-ring (bicyclic) bond motifs is 1. The first-order valence-electron chi connectivity index (χ1n) is 7.33. The van der Waals surface area contributed by atoms with Crippen LogP contribution in [0.15, 0.2) is 42.5 Å². The Kier molecular flexibility index (Phi) is 5.23. The Morgan fingerprint density at radius 3 is 2.57 bits per heavy atom. The van der Waals surface area contributed by atoms with Crippen molar-refractivity contribution >= 4 is 22.8 Å². The first-order valence-corrected chi connectivity index (χ1v) is 7.33. The van der Waals surface area contributed by atoms with E-state index < -0.39 is 12.0 Å². The van der Waals surface area contributed by atoms with E-state index in [9.17, 15) is 14.7 Å². The third-order valence-electron chi connectivity index (χ3n) is 3.77. The van der Waals surface area contributed by atoms with Crippen LogP contribution in [0.3, 0.4) is 0 Å². The molecule has 0 aromatic heterocycles. The molecule has 2 rings (SSSR count). The van der Waals surface area contributed by atoms with Crippen molar-refractivity contribution in [2.45, 2.75) is 32.3 Å². The zero-order valence-electron chi connectivity index (χ0n) is 12.2. The van der Waals surface area contributed by atoms with E-state index in [4.69, 9.17) is 0 Å². The molecule has 0 aliphatic rings. The van der Waals surface area contributed by atoms with Gasteiger partial charge in [-0.1, -0.05) is 56.2 Å². The maximum atomic E-state index is 12.3. The van der Waals surface area contributed by atoms with E-state index in [1.807, 2.05) is 37.3 Å². The molecule has 0 saturated heterocycles. The lowest BCUT2D eigenvalue weighted by molar-refractivity contribution is -0.113. The normalized spacial score (nSPS) is 13.8. The van der Waals surface area contributed by atoms with Crippen LogP contribution < -0.4 is 0 Å². The minimum Gasteiger partial charge on any atom is -0.384 e. The van der Waals surface area contributed by atoms with Gasteiger partial charge in [0.25, 0.3) is 0 Å². The number of rotatable bonds is 7. The SMILES string of the molecule is CCCC[C@H](C=O)[C@@H](O)C(=O)c1ccc2ccccc2c1. The molecule has 21 heavy (non-hydrogen) atoms. The van der Waals surface area contributed by atoms with E-state index in [1.165, 1.54) is 0 Å². The van der Waals surface area contributed by atoms with Crippen LogP contribution in [0.4, 0.5) is 0 Å². The number of Topliss-reactive ketones (excluding diaryl/α,β-unsaturated/α-hetero) is 1. The van der Waals surface area contributed by atoms with Crippen molar-refractivity contribution in [2.24, 2.45) is 5.92 Å². The third-order valence-corrected chi connectivity index (χ3v) is 3.77. The van der Waals surface area contributed by atoms with Crippen LogP contribution in [0.5, 0.6) is 0 Å². The number of unbranched alkanes of at least 4 members (excludes halogenated alkanes) is 1. The van der Waals surface area contributed by atoms with Gasteiger partial charge in [0.15, 0.2) is 5.78 Å². The lowest BCUT2D eigenvalue weighted by atomic mass is 9.91. The molecule has 0 fully saturated rings. The minimum atomic E-state index is -1.25. The van der Waals surface area contributed by atoms with Crippen molar-refractivity contribution in [2.75, 3.05) is 0 Å². The number of carbonyl (C=O) groups excluding carboxylic acids is 2. The molecule has 2 aromatic rings. The van der Waals surface area contributed by atoms with Crippen molar-refractivity contribution in [3.05, 3.63) is 48.0 Å². The second-order valence-corrected chi connectivity index (χ2v) is 5.31. The maximum absolute atomic E-state index is 12.3. The van der Waals surface area contributed by atoms with E-state index in [1.54, 1.807) is 12.1 Å². The molecule has 0 unspecified atom stereocenters. The van der Waals surface area contributed by atoms with E-state index in [2.05, 4.69) is 0 Å². The number of ketones is 1. The van der Waals surface area contributed by atoms with Crippen LogP contribution in [0, 0.1) is 5.92 Å². The molecule has 3 heteroatoms. The summed E-state index contributed by atoms with van der Waals surface area (Å²) in [7, 11) is 0. The van der Waals surface area contributed by atoms with Gasteiger partial charge in [0.1, 0.15) is 12.4 Å². The number of aliphatic hydroxyl groups excluding tert-OH is 1. The van der Waals surface area contributed by atoms with Gasteiger partial charge in [-0.3, -0.25) is 4.79 Å². The number of aliphatic hydroxyl groups is 1. The Balaban J connectivity index is 2.21. The molecule has 0 heterocycles. The average Bonchev–Trinajstić information content (AvgIpc) is 2.54. The number of carbonyl (C=O) groups is 2. The molecule has 110 valence electrons. The summed E-state index contributed by atoms with van der Waals surface area (Å²) in [6.07, 6.45) is 1.74. The first kappa shape index (κ1) is 15.4. The summed E-state index contributed by atoms with van der Waals surface area (Å²) in [5.41, 5.74) is 0.449. The molecule has 3 nitrogen and oxygen atoms in total. The van der Waals surface area contributed by atoms with Crippen molar-refractivity contribution in [1.29, 1.82) is 0 Å². The number of benzene rings is 2. The number of hydrogen-bond donors (Lipinski definition) is 1. The Hall–Kier alpha value is -2.00. The van der Waals surface area contributed by atoms with Crippen LogP contribution in [0.2, 0.25) is 0 Å². The van der Waals surface area contributed by atoms with Crippen molar-refractivity contribution in [1.82, 2.24) is 0 Å². The zero-order valence-corrected chi connectivity index (χ0v) is 12.2. The highest BCUT2D eigenvalue weighted by atomic mass is 16.3. The molecule has 1 N–H and O–H groups in total. The predicted molar refractivity (Wildman–Crippen MR) is 83.4 cm³/mol. The highest BCUT2D eigenvalue weighted by molar-refractivity contribution is 6.03. The Bertz CT molecular complexity index is 633. The lowest BCUT2D eigenvalue weighted by Gasteiger charge is -2.16. The molecule has 0 amide bonds. The van der Waals surface area contributed by atoms with Gasteiger partial charge in [0, 0.05) is 11.5 Å². The van der Waals surface area contributed by atoms with Crippen LogP contribution in [-0.4, -0.2) is 23.3 Å². The zero-order chi connectivity index (χ0) is 15.2. The summed E-state index contributed by atoms with van der Waals surface area (Å²) < 4.78 is 0. The molecule has 2 atom stereocenters. The van der Waals surface area contributed by atoms with Crippen LogP contribution in [0.1, 0.15) is 36.5 Å². The van der Waals surface area contributed by atoms with Crippen molar-refractivity contribution in [3.63, 3.8) is 0 Å². The Labute approximate surface area is 124 Å². The van der Waals surface area contributed by atoms with Gasteiger partial charge < -0.3 is 9.90 Å². The van der Waals surface area contributed by atoms with E-state index in [0.29, 0.717) is 18.3 Å². The third kappa shape index (κ3) is 3.56. The molecule has 0 bridgehead atoms. The Morgan fingerprint density at radius 1 is 1.19 bits per heavy atom. The van der Waals surface area contributed by atoms with Gasteiger partial charge in [-0.2, -0.15) is 0 Å². The minimum absolute atomic E-state index is 0.381. The summed E-state index contributed by atoms with van der Waals surface area (Å²) >= 11 is 0. The summed E-state index contributed by atoms with van der Waals surface area (Å²) in [6.45, 7) is 2.01. The van der Waals surface area contributed by atoms with Crippen LogP contribution in [0.25, 0.3) is 10.8 Å². The highest BCUT2D eigenvalue weighted by Crippen LogP contribution is 2.20. The van der Waals surface area contributed by atoms with E-state index in [0.717, 1.165) is 23.6 Å². The molecule has 2 aromatic carbocycles. The molecule has 0 saturated carbocycles. The molecule has 0 spiro atoms.